The average molecular weight is 1010 g/mol. The Balaban J connectivity index is 0.694. The predicted molar refractivity (Wildman–Crippen MR) is 283 cm³/mol. The number of likely N-dealkylation sites (N-methyl/N-ethyl adjacent to an activating group) is 1. The van der Waals surface area contributed by atoms with Gasteiger partial charge in [-0.3, -0.25) is 14.4 Å². The molecule has 376 valence electrons. The monoisotopic (exact) mass is 1010 g/mol. The number of H-pyrrole nitrogens is 1. The predicted octanol–water partition coefficient (Wildman–Crippen LogP) is 8.51. The summed E-state index contributed by atoms with van der Waals surface area (Å²) < 4.78 is 5.79. The zero-order valence-corrected chi connectivity index (χ0v) is 41.8. The van der Waals surface area contributed by atoms with Crippen molar-refractivity contribution in [3.63, 3.8) is 0 Å². The van der Waals surface area contributed by atoms with Gasteiger partial charge in [-0.2, -0.15) is 11.8 Å². The number of nitrogens with zero attached hydrogens (tertiary/aromatic N) is 3. The quantitative estimate of drug-likeness (QED) is 0.0141. The second-order valence-electron chi connectivity index (χ2n) is 18.1. The maximum Gasteiger partial charge on any atom is 0.315 e. The average Bonchev–Trinajstić information content (AvgIpc) is 4.07. The summed E-state index contributed by atoms with van der Waals surface area (Å²) in [6, 6.07) is 21.9. The number of carbonyl (C=O) groups is 5. The Morgan fingerprint density at radius 1 is 0.930 bits per heavy atom. The number of nitrogens with one attached hydrogen (secondary N) is 8. The van der Waals surface area contributed by atoms with E-state index >= 15 is 0 Å². The number of Topliss-reactive ketones (excluding diaryl/α,β-unsaturated/α-hetero) is 1. The maximum absolute atomic E-state index is 13.1. The van der Waals surface area contributed by atoms with E-state index < -0.39 is 0 Å². The Labute approximate surface area is 423 Å². The van der Waals surface area contributed by atoms with Crippen LogP contribution in [0, 0.1) is 5.92 Å². The molecule has 7 rings (SSSR count). The van der Waals surface area contributed by atoms with Gasteiger partial charge in [0.1, 0.15) is 5.78 Å². The number of benzene rings is 3. The number of amides is 6. The highest BCUT2D eigenvalue weighted by molar-refractivity contribution is 8.00. The molecule has 8 N–H and O–H groups in total. The molecule has 4 unspecified atom stereocenters. The van der Waals surface area contributed by atoms with Crippen molar-refractivity contribution in [1.82, 2.24) is 41.1 Å². The first kappa shape index (κ1) is 52.4. The largest absolute Gasteiger partial charge is 0.381 e. The van der Waals surface area contributed by atoms with Crippen LogP contribution >= 0.6 is 23.4 Å². The summed E-state index contributed by atoms with van der Waals surface area (Å²) >= 11 is 8.42. The van der Waals surface area contributed by atoms with Gasteiger partial charge in [0.15, 0.2) is 0 Å². The Hall–Kier alpha value is -6.47. The molecule has 4 atom stereocenters. The molecular formula is C52H64ClN11O6S. The summed E-state index contributed by atoms with van der Waals surface area (Å²) in [6.45, 7) is 5.41. The number of anilines is 4. The molecule has 2 aliphatic rings. The van der Waals surface area contributed by atoms with Crippen LogP contribution in [0.2, 0.25) is 5.02 Å². The van der Waals surface area contributed by atoms with Gasteiger partial charge >= 0.3 is 12.1 Å². The number of halogens is 1. The van der Waals surface area contributed by atoms with Gasteiger partial charge in [-0.25, -0.2) is 19.6 Å². The number of hydrogen-bond donors (Lipinski definition) is 8. The number of hydrogen-bond acceptors (Lipinski definition) is 11. The van der Waals surface area contributed by atoms with Crippen molar-refractivity contribution in [3.8, 4) is 11.3 Å². The molecule has 2 aliphatic heterocycles. The first-order chi connectivity index (χ1) is 34.5. The lowest BCUT2D eigenvalue weighted by Gasteiger charge is -2.16. The van der Waals surface area contributed by atoms with Crippen LogP contribution in [-0.4, -0.2) is 119 Å². The Bertz CT molecular complexity index is 2630. The van der Waals surface area contributed by atoms with E-state index in [1.165, 1.54) is 6.08 Å². The number of fused-ring (bicyclic) bond motifs is 2. The lowest BCUT2D eigenvalue weighted by molar-refractivity contribution is -0.119. The van der Waals surface area contributed by atoms with E-state index in [0.717, 1.165) is 67.3 Å². The molecule has 0 aliphatic carbocycles. The summed E-state index contributed by atoms with van der Waals surface area (Å²) in [6.07, 6.45) is 13.2. The lowest BCUT2D eigenvalue weighted by Crippen LogP contribution is -2.39. The van der Waals surface area contributed by atoms with Gasteiger partial charge < -0.3 is 51.8 Å². The highest BCUT2D eigenvalue weighted by Gasteiger charge is 2.42. The normalized spacial score (nSPS) is 16.6. The van der Waals surface area contributed by atoms with E-state index in [1.54, 1.807) is 48.7 Å². The number of rotatable bonds is 27. The van der Waals surface area contributed by atoms with Crippen molar-refractivity contribution < 1.29 is 28.7 Å². The Morgan fingerprint density at radius 2 is 1.73 bits per heavy atom. The summed E-state index contributed by atoms with van der Waals surface area (Å²) in [5.41, 5.74) is 4.62. The van der Waals surface area contributed by atoms with Crippen molar-refractivity contribution in [1.29, 1.82) is 0 Å². The van der Waals surface area contributed by atoms with Gasteiger partial charge in [0, 0.05) is 101 Å². The number of aromatic nitrogens is 3. The summed E-state index contributed by atoms with van der Waals surface area (Å²) in [4.78, 5) is 76.3. The maximum atomic E-state index is 13.1. The van der Waals surface area contributed by atoms with Crippen molar-refractivity contribution >= 4 is 86.9 Å². The molecule has 0 radical (unpaired) electrons. The number of unbranched alkanes of at least 4 members (excludes halogenated alkanes) is 2. The standard InChI is InChI=1S/C52H64ClN11O6S/c1-34(32-70-27-8-7-15-39(65)14-3-6-18-45-48-44(33-71-45)61-52(69)63-48)29-57-51(68)54-24-11-26-64(2)25-10-19-46(66)58-36-22-20-35(21-23-36)49(67)59-37-12-9-13-38(28-37)60-50-56-31-42(53)47(62-50)41-30-55-43-17-5-4-16-40(41)43/h4-5,9-10,12-13,16-17,19-23,28,30-31,34,44-45,48,55H,3,6-8,11,14-15,18,24-27,29,32-33H2,1-2H3,(H,58,66)(H,59,67)(H2,54,57,68)(H,56,60,62)(H2,61,63,69)/b19-10+. The fraction of sp³-hybridized carbons (Fsp3) is 0.404. The number of ketones is 1. The van der Waals surface area contributed by atoms with Crippen LogP contribution in [0.25, 0.3) is 22.2 Å². The highest BCUT2D eigenvalue weighted by Crippen LogP contribution is 2.34. The molecule has 4 heterocycles. The number of ether oxygens (including phenoxy) is 1. The fourth-order valence-corrected chi connectivity index (χ4v) is 10.1. The molecule has 2 fully saturated rings. The van der Waals surface area contributed by atoms with Crippen LogP contribution < -0.4 is 37.2 Å². The van der Waals surface area contributed by atoms with Gasteiger partial charge in [-0.05, 0) is 100 Å². The van der Waals surface area contributed by atoms with Gasteiger partial charge in [0.05, 0.1) is 35.6 Å². The van der Waals surface area contributed by atoms with E-state index in [4.69, 9.17) is 16.3 Å². The van der Waals surface area contributed by atoms with Crippen molar-refractivity contribution in [2.24, 2.45) is 5.92 Å². The molecule has 19 heteroatoms. The second-order valence-corrected chi connectivity index (χ2v) is 19.7. The van der Waals surface area contributed by atoms with E-state index in [9.17, 15) is 24.0 Å². The smallest absolute Gasteiger partial charge is 0.315 e. The number of carbonyl (C=O) groups excluding carboxylic acids is 5. The minimum Gasteiger partial charge on any atom is -0.381 e. The van der Waals surface area contributed by atoms with E-state index in [2.05, 4.69) is 52.2 Å². The van der Waals surface area contributed by atoms with Crippen LogP contribution in [0.3, 0.4) is 0 Å². The fourth-order valence-electron chi connectivity index (χ4n) is 8.40. The second kappa shape index (κ2) is 26.7. The number of thioether (sulfide) groups is 1. The zero-order chi connectivity index (χ0) is 50.0. The first-order valence-corrected chi connectivity index (χ1v) is 25.7. The lowest BCUT2D eigenvalue weighted by atomic mass is 10.0. The molecule has 0 saturated carbocycles. The number of urea groups is 2. The number of aromatic amines is 1. The minimum atomic E-state index is -0.315. The van der Waals surface area contributed by atoms with E-state index in [-0.39, 0.29) is 41.9 Å². The van der Waals surface area contributed by atoms with Crippen molar-refractivity contribution in [2.75, 3.05) is 68.1 Å². The molecule has 3 aromatic carbocycles. The van der Waals surface area contributed by atoms with Crippen LogP contribution in [0.15, 0.2) is 97.3 Å². The molecular weight excluding hydrogens is 942 g/mol. The van der Waals surface area contributed by atoms with Crippen LogP contribution in [0.1, 0.15) is 68.6 Å². The van der Waals surface area contributed by atoms with E-state index in [0.29, 0.717) is 96.0 Å². The Morgan fingerprint density at radius 3 is 2.58 bits per heavy atom. The first-order valence-electron chi connectivity index (χ1n) is 24.3. The summed E-state index contributed by atoms with van der Waals surface area (Å²) in [5, 5.41) is 22.6. The highest BCUT2D eigenvalue weighted by atomic mass is 35.5. The van der Waals surface area contributed by atoms with Crippen molar-refractivity contribution in [3.05, 3.63) is 108 Å². The summed E-state index contributed by atoms with van der Waals surface area (Å²) in [7, 11) is 1.94. The molecule has 71 heavy (non-hydrogen) atoms. The minimum absolute atomic E-state index is 0.0616. The van der Waals surface area contributed by atoms with Crippen LogP contribution in [0.4, 0.5) is 32.6 Å². The molecule has 17 nitrogen and oxygen atoms in total. The molecule has 2 aromatic heterocycles. The van der Waals surface area contributed by atoms with Gasteiger partial charge in [0.2, 0.25) is 11.9 Å². The van der Waals surface area contributed by atoms with Crippen LogP contribution in [-0.2, 0) is 14.3 Å². The molecule has 2 saturated heterocycles. The number of para-hydroxylation sites is 1. The van der Waals surface area contributed by atoms with Gasteiger partial charge in [0.25, 0.3) is 5.91 Å². The molecule has 0 bridgehead atoms. The SMILES string of the molecule is CC(CNC(=O)NCCCN(C)C/C=C/C(=O)Nc1ccc(C(=O)Nc2cccc(Nc3ncc(Cl)c(-c4c[nH]c5ccccc45)n3)c2)cc1)COCCCCC(=O)CCCCC1SCC2NC(=O)NC21. The Kier molecular flexibility index (Phi) is 19.7. The van der Waals surface area contributed by atoms with Gasteiger partial charge in [-0.1, -0.05) is 55.3 Å². The third-order valence-electron chi connectivity index (χ3n) is 12.2. The third-order valence-corrected chi connectivity index (χ3v) is 14.0. The topological polar surface area (TPSA) is 224 Å². The third kappa shape index (κ3) is 16.3. The summed E-state index contributed by atoms with van der Waals surface area (Å²) in [5.74, 6) is 1.15. The van der Waals surface area contributed by atoms with E-state index in [1.807, 2.05) is 73.2 Å². The van der Waals surface area contributed by atoms with Gasteiger partial charge in [-0.15, -0.1) is 0 Å². The zero-order valence-electron chi connectivity index (χ0n) is 40.2. The molecule has 6 amide bonds. The molecule has 5 aromatic rings. The van der Waals surface area contributed by atoms with Crippen molar-refractivity contribution in [2.45, 2.75) is 75.6 Å². The van der Waals surface area contributed by atoms with Crippen LogP contribution in [0.5, 0.6) is 0 Å². The molecule has 0 spiro atoms.